The largest absolute Gasteiger partial charge is 0.339 e. The van der Waals surface area contributed by atoms with Crippen LogP contribution >= 0.6 is 0 Å². The first-order valence-corrected chi connectivity index (χ1v) is 8.60. The highest BCUT2D eigenvalue weighted by atomic mass is 15.0. The number of anilines is 2. The van der Waals surface area contributed by atoms with E-state index in [1.54, 1.807) is 0 Å². The molecule has 4 aromatic rings. The van der Waals surface area contributed by atoms with Crippen LogP contribution in [0.5, 0.6) is 0 Å². The summed E-state index contributed by atoms with van der Waals surface area (Å²) in [5.74, 6) is 1.07. The summed E-state index contributed by atoms with van der Waals surface area (Å²) >= 11 is 0. The van der Waals surface area contributed by atoms with Gasteiger partial charge in [-0.25, -0.2) is 9.97 Å². The van der Waals surface area contributed by atoms with Gasteiger partial charge >= 0.3 is 0 Å². The Morgan fingerprint density at radius 2 is 1.22 bits per heavy atom. The summed E-state index contributed by atoms with van der Waals surface area (Å²) in [5.41, 5.74) is 3.68. The first-order valence-electron chi connectivity index (χ1n) is 8.60. The Morgan fingerprint density at radius 1 is 0.667 bits per heavy atom. The molecule has 0 aliphatic carbocycles. The van der Waals surface area contributed by atoms with Gasteiger partial charge in [0.25, 0.3) is 0 Å². The Hall–Kier alpha value is -3.97. The first-order chi connectivity index (χ1) is 13.3. The lowest BCUT2D eigenvalue weighted by molar-refractivity contribution is 1.16. The molecule has 0 saturated heterocycles. The van der Waals surface area contributed by atoms with Crippen molar-refractivity contribution in [3.8, 4) is 28.7 Å². The van der Waals surface area contributed by atoms with Crippen molar-refractivity contribution in [3.63, 3.8) is 0 Å². The molecule has 128 valence electrons. The molecule has 4 heteroatoms. The lowest BCUT2D eigenvalue weighted by atomic mass is 10.1. The van der Waals surface area contributed by atoms with Crippen molar-refractivity contribution in [3.05, 3.63) is 96.6 Å². The maximum absolute atomic E-state index is 9.83. The van der Waals surface area contributed by atoms with Crippen LogP contribution < -0.4 is 5.32 Å². The minimum absolute atomic E-state index is 0.421. The Bertz CT molecular complexity index is 1090. The Balaban J connectivity index is 1.92. The van der Waals surface area contributed by atoms with Crippen molar-refractivity contribution in [1.82, 2.24) is 9.97 Å². The fourth-order valence-corrected chi connectivity index (χ4v) is 2.84. The third kappa shape index (κ3) is 3.53. The number of nitrogens with one attached hydrogen (secondary N) is 1. The predicted octanol–water partition coefficient (Wildman–Crippen LogP) is 5.43. The van der Waals surface area contributed by atoms with Gasteiger partial charge in [-0.05, 0) is 12.1 Å². The zero-order valence-corrected chi connectivity index (χ0v) is 14.5. The molecule has 3 aromatic carbocycles. The number of nitriles is 1. The fourth-order valence-electron chi connectivity index (χ4n) is 2.84. The SMILES string of the molecule is N#Cc1c(Nc2ccccc2)nc(-c2ccccc2)nc1-c1ccccc1. The summed E-state index contributed by atoms with van der Waals surface area (Å²) in [6, 6.07) is 31.4. The van der Waals surface area contributed by atoms with E-state index in [2.05, 4.69) is 16.4 Å². The summed E-state index contributed by atoms with van der Waals surface area (Å²) in [4.78, 5) is 9.36. The number of hydrogen-bond acceptors (Lipinski definition) is 4. The van der Waals surface area contributed by atoms with E-state index in [9.17, 15) is 5.26 Å². The average Bonchev–Trinajstić information content (AvgIpc) is 2.75. The predicted molar refractivity (Wildman–Crippen MR) is 107 cm³/mol. The zero-order valence-electron chi connectivity index (χ0n) is 14.5. The second-order valence-electron chi connectivity index (χ2n) is 5.95. The Morgan fingerprint density at radius 3 is 1.81 bits per heavy atom. The van der Waals surface area contributed by atoms with Crippen molar-refractivity contribution in [1.29, 1.82) is 5.26 Å². The van der Waals surface area contributed by atoms with Gasteiger partial charge in [0.2, 0.25) is 0 Å². The van der Waals surface area contributed by atoms with Crippen LogP contribution in [0.2, 0.25) is 0 Å². The number of nitrogens with zero attached hydrogens (tertiary/aromatic N) is 3. The van der Waals surface area contributed by atoms with Gasteiger partial charge in [-0.2, -0.15) is 5.26 Å². The fraction of sp³-hybridized carbons (Fsp3) is 0. The van der Waals surface area contributed by atoms with Gasteiger partial charge in [-0.3, -0.25) is 0 Å². The second kappa shape index (κ2) is 7.51. The van der Waals surface area contributed by atoms with Crippen LogP contribution in [0.15, 0.2) is 91.0 Å². The van der Waals surface area contributed by atoms with E-state index < -0.39 is 0 Å². The topological polar surface area (TPSA) is 61.6 Å². The molecule has 0 aliphatic heterocycles. The van der Waals surface area contributed by atoms with Crippen LogP contribution in [0.3, 0.4) is 0 Å². The van der Waals surface area contributed by atoms with Gasteiger partial charge in [0.15, 0.2) is 11.6 Å². The molecule has 4 rings (SSSR count). The standard InChI is InChI=1S/C23H16N4/c24-16-20-21(17-10-4-1-5-11-17)26-22(18-12-6-2-7-13-18)27-23(20)25-19-14-8-3-9-15-19/h1-15H,(H,25,26,27). The van der Waals surface area contributed by atoms with Crippen LogP contribution in [0.4, 0.5) is 11.5 Å². The van der Waals surface area contributed by atoms with E-state index >= 15 is 0 Å². The van der Waals surface area contributed by atoms with Crippen molar-refractivity contribution in [2.45, 2.75) is 0 Å². The normalized spacial score (nSPS) is 10.2. The molecule has 0 radical (unpaired) electrons. The zero-order chi connectivity index (χ0) is 18.5. The highest BCUT2D eigenvalue weighted by molar-refractivity contribution is 5.77. The maximum Gasteiger partial charge on any atom is 0.162 e. The third-order valence-corrected chi connectivity index (χ3v) is 4.14. The molecular weight excluding hydrogens is 332 g/mol. The highest BCUT2D eigenvalue weighted by Gasteiger charge is 2.17. The number of hydrogen-bond donors (Lipinski definition) is 1. The Kier molecular flexibility index (Phi) is 4.59. The van der Waals surface area contributed by atoms with Gasteiger partial charge in [0.1, 0.15) is 11.6 Å². The van der Waals surface area contributed by atoms with E-state index in [1.165, 1.54) is 0 Å². The van der Waals surface area contributed by atoms with E-state index in [-0.39, 0.29) is 0 Å². The molecule has 0 bridgehead atoms. The lowest BCUT2D eigenvalue weighted by Crippen LogP contribution is -2.04. The lowest BCUT2D eigenvalue weighted by Gasteiger charge is -2.13. The monoisotopic (exact) mass is 348 g/mol. The summed E-state index contributed by atoms with van der Waals surface area (Å²) in [5, 5.41) is 13.1. The van der Waals surface area contributed by atoms with Crippen LogP contribution in [-0.4, -0.2) is 9.97 Å². The van der Waals surface area contributed by atoms with Gasteiger partial charge in [-0.1, -0.05) is 78.9 Å². The third-order valence-electron chi connectivity index (χ3n) is 4.14. The number of rotatable bonds is 4. The van der Waals surface area contributed by atoms with E-state index in [1.807, 2.05) is 91.0 Å². The minimum Gasteiger partial charge on any atom is -0.339 e. The number of para-hydroxylation sites is 1. The van der Waals surface area contributed by atoms with Gasteiger partial charge in [0.05, 0.1) is 5.69 Å². The van der Waals surface area contributed by atoms with E-state index in [0.717, 1.165) is 16.8 Å². The molecule has 27 heavy (non-hydrogen) atoms. The molecule has 0 aliphatic rings. The molecule has 0 saturated carbocycles. The van der Waals surface area contributed by atoms with Crippen molar-refractivity contribution < 1.29 is 0 Å². The molecule has 0 unspecified atom stereocenters. The first kappa shape index (κ1) is 16.5. The molecule has 4 nitrogen and oxygen atoms in total. The van der Waals surface area contributed by atoms with Crippen LogP contribution in [0.25, 0.3) is 22.6 Å². The Labute approximate surface area is 157 Å². The van der Waals surface area contributed by atoms with Gasteiger partial charge in [0, 0.05) is 16.8 Å². The molecular formula is C23H16N4. The molecule has 1 aromatic heterocycles. The van der Waals surface area contributed by atoms with E-state index in [0.29, 0.717) is 22.9 Å². The molecule has 0 spiro atoms. The summed E-state index contributed by atoms with van der Waals surface area (Å²) < 4.78 is 0. The van der Waals surface area contributed by atoms with Crippen molar-refractivity contribution >= 4 is 11.5 Å². The van der Waals surface area contributed by atoms with Crippen molar-refractivity contribution in [2.75, 3.05) is 5.32 Å². The van der Waals surface area contributed by atoms with Crippen molar-refractivity contribution in [2.24, 2.45) is 0 Å². The van der Waals surface area contributed by atoms with Crippen LogP contribution in [-0.2, 0) is 0 Å². The number of aromatic nitrogens is 2. The highest BCUT2D eigenvalue weighted by Crippen LogP contribution is 2.30. The molecule has 0 atom stereocenters. The van der Waals surface area contributed by atoms with Crippen LogP contribution in [0.1, 0.15) is 5.56 Å². The summed E-state index contributed by atoms with van der Waals surface area (Å²) in [7, 11) is 0. The van der Waals surface area contributed by atoms with Gasteiger partial charge in [-0.15, -0.1) is 0 Å². The molecule has 0 amide bonds. The van der Waals surface area contributed by atoms with E-state index in [4.69, 9.17) is 4.98 Å². The quantitative estimate of drug-likeness (QED) is 0.534. The average molecular weight is 348 g/mol. The second-order valence-corrected chi connectivity index (χ2v) is 5.95. The number of benzene rings is 3. The van der Waals surface area contributed by atoms with Crippen LogP contribution in [0, 0.1) is 11.3 Å². The maximum atomic E-state index is 9.83. The smallest absolute Gasteiger partial charge is 0.162 e. The van der Waals surface area contributed by atoms with Gasteiger partial charge < -0.3 is 5.32 Å². The minimum atomic E-state index is 0.421. The summed E-state index contributed by atoms with van der Waals surface area (Å²) in [6.07, 6.45) is 0. The molecule has 1 heterocycles. The summed E-state index contributed by atoms with van der Waals surface area (Å²) in [6.45, 7) is 0. The molecule has 1 N–H and O–H groups in total. The molecule has 0 fully saturated rings.